The Morgan fingerprint density at radius 2 is 1.83 bits per heavy atom. The minimum absolute atomic E-state index is 0.248. The van der Waals surface area contributed by atoms with Gasteiger partial charge in [0.05, 0.1) is 5.02 Å². The summed E-state index contributed by atoms with van der Waals surface area (Å²) in [6, 6.07) is 9.05. The van der Waals surface area contributed by atoms with E-state index in [9.17, 15) is 0 Å². The van der Waals surface area contributed by atoms with Crippen molar-refractivity contribution in [2.24, 2.45) is 5.84 Å². The third kappa shape index (κ3) is 2.85. The molecule has 0 spiro atoms. The molecule has 0 aliphatic carbocycles. The minimum Gasteiger partial charge on any atom is -0.437 e. The van der Waals surface area contributed by atoms with E-state index in [0.29, 0.717) is 21.6 Å². The van der Waals surface area contributed by atoms with Crippen LogP contribution in [-0.2, 0) is 0 Å². The number of hydrogen-bond acceptors (Lipinski definition) is 4. The highest BCUT2D eigenvalue weighted by atomic mass is 35.5. The standard InChI is InChI=1S/C12H11Cl2N3O/c1-7-2-4-8(5-3-7)18-12-10(14)6-9(13)11(16-12)17-15/h2-6H,15H2,1H3,(H,16,17). The molecule has 0 saturated heterocycles. The molecule has 1 heterocycles. The number of anilines is 1. The lowest BCUT2D eigenvalue weighted by Gasteiger charge is -2.09. The lowest BCUT2D eigenvalue weighted by atomic mass is 10.2. The van der Waals surface area contributed by atoms with Crippen LogP contribution < -0.4 is 16.0 Å². The third-order valence-electron chi connectivity index (χ3n) is 2.27. The molecule has 0 atom stereocenters. The maximum absolute atomic E-state index is 6.00. The van der Waals surface area contributed by atoms with Gasteiger partial charge in [0.15, 0.2) is 5.82 Å². The zero-order valence-corrected chi connectivity index (χ0v) is 11.1. The summed E-state index contributed by atoms with van der Waals surface area (Å²) in [5.74, 6) is 6.48. The van der Waals surface area contributed by atoms with Crippen LogP contribution >= 0.6 is 23.2 Å². The van der Waals surface area contributed by atoms with E-state index in [1.165, 1.54) is 6.07 Å². The average molecular weight is 284 g/mol. The van der Waals surface area contributed by atoms with Crippen LogP contribution in [0.4, 0.5) is 5.82 Å². The van der Waals surface area contributed by atoms with Crippen LogP contribution in [0.15, 0.2) is 30.3 Å². The molecule has 2 rings (SSSR count). The van der Waals surface area contributed by atoms with Crippen LogP contribution in [0.25, 0.3) is 0 Å². The van der Waals surface area contributed by atoms with Gasteiger partial charge in [-0.25, -0.2) is 5.84 Å². The van der Waals surface area contributed by atoms with Gasteiger partial charge in [0.1, 0.15) is 10.8 Å². The van der Waals surface area contributed by atoms with Crippen LogP contribution in [0.5, 0.6) is 11.6 Å². The molecule has 94 valence electrons. The van der Waals surface area contributed by atoms with Crippen molar-refractivity contribution in [3.05, 3.63) is 45.9 Å². The Bertz CT molecular complexity index is 558. The SMILES string of the molecule is Cc1ccc(Oc2nc(NN)c(Cl)cc2Cl)cc1. The lowest BCUT2D eigenvalue weighted by molar-refractivity contribution is 0.464. The van der Waals surface area contributed by atoms with Gasteiger partial charge in [-0.15, -0.1) is 0 Å². The number of aryl methyl sites for hydroxylation is 1. The van der Waals surface area contributed by atoms with E-state index in [2.05, 4.69) is 10.4 Å². The van der Waals surface area contributed by atoms with Crippen LogP contribution in [0.2, 0.25) is 10.0 Å². The number of hydrazine groups is 1. The fraction of sp³-hybridized carbons (Fsp3) is 0.0833. The number of ether oxygens (including phenoxy) is 1. The second kappa shape index (κ2) is 5.44. The summed E-state index contributed by atoms with van der Waals surface area (Å²) in [7, 11) is 0. The molecule has 1 aromatic heterocycles. The van der Waals surface area contributed by atoms with Gasteiger partial charge < -0.3 is 10.2 Å². The molecule has 18 heavy (non-hydrogen) atoms. The van der Waals surface area contributed by atoms with Gasteiger partial charge in [0.25, 0.3) is 0 Å². The van der Waals surface area contributed by atoms with Gasteiger partial charge >= 0.3 is 0 Å². The van der Waals surface area contributed by atoms with Gasteiger partial charge in [-0.1, -0.05) is 40.9 Å². The average Bonchev–Trinajstić information content (AvgIpc) is 2.35. The molecule has 0 fully saturated rings. The van der Waals surface area contributed by atoms with E-state index in [1.54, 1.807) is 0 Å². The first kappa shape index (κ1) is 13.0. The van der Waals surface area contributed by atoms with E-state index in [4.69, 9.17) is 33.8 Å². The number of benzene rings is 1. The summed E-state index contributed by atoms with van der Waals surface area (Å²) in [6.45, 7) is 1.99. The van der Waals surface area contributed by atoms with E-state index < -0.39 is 0 Å². The molecular formula is C12H11Cl2N3O. The van der Waals surface area contributed by atoms with Gasteiger partial charge in [-0.3, -0.25) is 0 Å². The molecule has 0 aliphatic rings. The third-order valence-corrected chi connectivity index (χ3v) is 2.83. The number of rotatable bonds is 3. The van der Waals surface area contributed by atoms with Crippen LogP contribution in [0, 0.1) is 6.92 Å². The second-order valence-electron chi connectivity index (χ2n) is 3.67. The largest absolute Gasteiger partial charge is 0.437 e. The second-order valence-corrected chi connectivity index (χ2v) is 4.48. The number of nitrogens with zero attached hydrogens (tertiary/aromatic N) is 1. The van der Waals surface area contributed by atoms with Crippen LogP contribution in [0.1, 0.15) is 5.56 Å². The molecule has 1 aromatic carbocycles. The normalized spacial score (nSPS) is 10.2. The zero-order valence-electron chi connectivity index (χ0n) is 9.58. The maximum Gasteiger partial charge on any atom is 0.240 e. The highest BCUT2D eigenvalue weighted by Crippen LogP contribution is 2.33. The smallest absolute Gasteiger partial charge is 0.240 e. The quantitative estimate of drug-likeness (QED) is 0.665. The van der Waals surface area contributed by atoms with Crippen LogP contribution in [0.3, 0.4) is 0 Å². The summed E-state index contributed by atoms with van der Waals surface area (Å²) in [5, 5.41) is 0.651. The van der Waals surface area contributed by atoms with Crippen molar-refractivity contribution >= 4 is 29.0 Å². The Labute approximate surface area is 115 Å². The predicted octanol–water partition coefficient (Wildman–Crippen LogP) is 3.77. The first-order valence-corrected chi connectivity index (χ1v) is 5.93. The molecule has 0 radical (unpaired) electrons. The van der Waals surface area contributed by atoms with Crippen molar-refractivity contribution in [1.82, 2.24) is 4.98 Å². The van der Waals surface area contributed by atoms with Crippen molar-refractivity contribution in [3.63, 3.8) is 0 Å². The molecule has 6 heteroatoms. The molecule has 0 unspecified atom stereocenters. The fourth-order valence-electron chi connectivity index (χ4n) is 1.34. The highest BCUT2D eigenvalue weighted by molar-refractivity contribution is 6.36. The molecule has 0 aliphatic heterocycles. The van der Waals surface area contributed by atoms with Crippen molar-refractivity contribution in [1.29, 1.82) is 0 Å². The molecular weight excluding hydrogens is 273 g/mol. The highest BCUT2D eigenvalue weighted by Gasteiger charge is 2.10. The number of nitrogens with two attached hydrogens (primary N) is 1. The Kier molecular flexibility index (Phi) is 3.91. The first-order chi connectivity index (χ1) is 8.60. The number of nitrogen functional groups attached to an aromatic ring is 1. The summed E-state index contributed by atoms with van der Waals surface area (Å²) in [4.78, 5) is 4.09. The van der Waals surface area contributed by atoms with E-state index in [1.807, 2.05) is 31.2 Å². The van der Waals surface area contributed by atoms with Gasteiger partial charge in [0.2, 0.25) is 5.88 Å². The molecule has 0 amide bonds. The Morgan fingerprint density at radius 3 is 2.44 bits per heavy atom. The van der Waals surface area contributed by atoms with E-state index in [-0.39, 0.29) is 5.88 Å². The summed E-state index contributed by atoms with van der Waals surface area (Å²) in [6.07, 6.45) is 0. The summed E-state index contributed by atoms with van der Waals surface area (Å²) >= 11 is 11.9. The molecule has 0 saturated carbocycles. The molecule has 0 bridgehead atoms. The van der Waals surface area contributed by atoms with Crippen molar-refractivity contribution in [2.75, 3.05) is 5.43 Å². The van der Waals surface area contributed by atoms with Gasteiger partial charge in [-0.2, -0.15) is 4.98 Å². The molecule has 2 aromatic rings. The number of hydrogen-bond donors (Lipinski definition) is 2. The fourth-order valence-corrected chi connectivity index (χ4v) is 1.79. The number of halogens is 2. The monoisotopic (exact) mass is 283 g/mol. The number of nitrogens with one attached hydrogen (secondary N) is 1. The number of aromatic nitrogens is 1. The summed E-state index contributed by atoms with van der Waals surface area (Å²) in [5.41, 5.74) is 3.52. The Balaban J connectivity index is 2.31. The van der Waals surface area contributed by atoms with Crippen molar-refractivity contribution in [2.45, 2.75) is 6.92 Å². The lowest BCUT2D eigenvalue weighted by Crippen LogP contribution is -2.09. The molecule has 3 N–H and O–H groups in total. The van der Waals surface area contributed by atoms with Gasteiger partial charge in [-0.05, 0) is 25.1 Å². The Morgan fingerprint density at radius 1 is 1.17 bits per heavy atom. The van der Waals surface area contributed by atoms with E-state index >= 15 is 0 Å². The van der Waals surface area contributed by atoms with E-state index in [0.717, 1.165) is 5.56 Å². The maximum atomic E-state index is 6.00. The van der Waals surface area contributed by atoms with Crippen LogP contribution in [-0.4, -0.2) is 4.98 Å². The summed E-state index contributed by atoms with van der Waals surface area (Å²) < 4.78 is 5.56. The van der Waals surface area contributed by atoms with Crippen molar-refractivity contribution < 1.29 is 4.74 Å². The van der Waals surface area contributed by atoms with Crippen molar-refractivity contribution in [3.8, 4) is 11.6 Å². The minimum atomic E-state index is 0.248. The topological polar surface area (TPSA) is 60.2 Å². The number of pyridine rings is 1. The zero-order chi connectivity index (χ0) is 13.1. The predicted molar refractivity (Wildman–Crippen MR) is 73.3 cm³/mol. The first-order valence-electron chi connectivity index (χ1n) is 5.17. The Hall–Kier alpha value is -1.49. The van der Waals surface area contributed by atoms with Gasteiger partial charge in [0, 0.05) is 0 Å². The molecule has 4 nitrogen and oxygen atoms in total.